The Bertz CT molecular complexity index is 633. The van der Waals surface area contributed by atoms with Gasteiger partial charge in [0.25, 0.3) is 5.91 Å². The Morgan fingerprint density at radius 1 is 1.05 bits per heavy atom. The minimum absolute atomic E-state index is 0.0857. The normalized spacial score (nSPS) is 10.1. The first-order chi connectivity index (χ1) is 10.0. The SMILES string of the molecule is Cc1ccc(CNC(=O)c2ccc(CC(N)=S)cc2)cc1. The average Bonchev–Trinajstić information content (AvgIpc) is 2.46. The second kappa shape index (κ2) is 6.99. The van der Waals surface area contributed by atoms with Gasteiger partial charge in [-0.1, -0.05) is 54.2 Å². The van der Waals surface area contributed by atoms with E-state index >= 15 is 0 Å². The Morgan fingerprint density at radius 3 is 2.19 bits per heavy atom. The summed E-state index contributed by atoms with van der Waals surface area (Å²) in [6, 6.07) is 15.4. The molecule has 0 aliphatic rings. The van der Waals surface area contributed by atoms with Gasteiger partial charge in [-0.25, -0.2) is 0 Å². The van der Waals surface area contributed by atoms with E-state index in [0.717, 1.165) is 11.1 Å². The maximum absolute atomic E-state index is 12.1. The fourth-order valence-corrected chi connectivity index (χ4v) is 2.13. The topological polar surface area (TPSA) is 55.1 Å². The average molecular weight is 298 g/mol. The third kappa shape index (κ3) is 4.68. The van der Waals surface area contributed by atoms with E-state index in [1.165, 1.54) is 5.56 Å². The lowest BCUT2D eigenvalue weighted by Crippen LogP contribution is -2.22. The summed E-state index contributed by atoms with van der Waals surface area (Å²) in [5, 5.41) is 2.91. The summed E-state index contributed by atoms with van der Waals surface area (Å²) in [4.78, 5) is 12.5. The number of carbonyl (C=O) groups is 1. The number of rotatable bonds is 5. The number of carbonyl (C=O) groups excluding carboxylic acids is 1. The highest BCUT2D eigenvalue weighted by molar-refractivity contribution is 7.80. The summed E-state index contributed by atoms with van der Waals surface area (Å²) in [6.45, 7) is 2.56. The molecule has 2 rings (SSSR count). The van der Waals surface area contributed by atoms with Gasteiger partial charge in [0.2, 0.25) is 0 Å². The van der Waals surface area contributed by atoms with Gasteiger partial charge < -0.3 is 11.1 Å². The largest absolute Gasteiger partial charge is 0.393 e. The van der Waals surface area contributed by atoms with Gasteiger partial charge in [0.1, 0.15) is 0 Å². The van der Waals surface area contributed by atoms with Crippen molar-refractivity contribution >= 4 is 23.1 Å². The second-order valence-corrected chi connectivity index (χ2v) is 5.53. The van der Waals surface area contributed by atoms with Crippen molar-refractivity contribution in [3.8, 4) is 0 Å². The summed E-state index contributed by atoms with van der Waals surface area (Å²) in [5.74, 6) is -0.0857. The van der Waals surface area contributed by atoms with Crippen molar-refractivity contribution in [2.45, 2.75) is 19.9 Å². The molecular formula is C17H18N2OS. The van der Waals surface area contributed by atoms with Crippen LogP contribution in [0.2, 0.25) is 0 Å². The molecule has 3 nitrogen and oxygen atoms in total. The van der Waals surface area contributed by atoms with Crippen LogP contribution in [-0.4, -0.2) is 10.9 Å². The smallest absolute Gasteiger partial charge is 0.251 e. The lowest BCUT2D eigenvalue weighted by molar-refractivity contribution is 0.0951. The minimum atomic E-state index is -0.0857. The predicted molar refractivity (Wildman–Crippen MR) is 89.3 cm³/mol. The van der Waals surface area contributed by atoms with Gasteiger partial charge in [-0.05, 0) is 30.2 Å². The van der Waals surface area contributed by atoms with Crippen molar-refractivity contribution < 1.29 is 4.79 Å². The van der Waals surface area contributed by atoms with Crippen LogP contribution in [0.3, 0.4) is 0 Å². The Balaban J connectivity index is 1.93. The zero-order valence-corrected chi connectivity index (χ0v) is 12.7. The van der Waals surface area contributed by atoms with Crippen LogP contribution < -0.4 is 11.1 Å². The van der Waals surface area contributed by atoms with E-state index in [4.69, 9.17) is 18.0 Å². The quantitative estimate of drug-likeness (QED) is 0.835. The van der Waals surface area contributed by atoms with Crippen LogP contribution in [0.1, 0.15) is 27.0 Å². The molecule has 0 spiro atoms. The van der Waals surface area contributed by atoms with Crippen molar-refractivity contribution in [1.29, 1.82) is 0 Å². The van der Waals surface area contributed by atoms with Crippen LogP contribution in [0.5, 0.6) is 0 Å². The third-order valence-electron chi connectivity index (χ3n) is 3.17. The van der Waals surface area contributed by atoms with E-state index in [0.29, 0.717) is 23.5 Å². The maximum Gasteiger partial charge on any atom is 0.251 e. The van der Waals surface area contributed by atoms with Crippen molar-refractivity contribution in [2.75, 3.05) is 0 Å². The molecule has 1 amide bonds. The molecule has 108 valence electrons. The number of benzene rings is 2. The molecule has 0 radical (unpaired) electrons. The van der Waals surface area contributed by atoms with Gasteiger partial charge in [-0.2, -0.15) is 0 Å². The van der Waals surface area contributed by atoms with Crippen LogP contribution in [0.4, 0.5) is 0 Å². The Kier molecular flexibility index (Phi) is 5.06. The summed E-state index contributed by atoms with van der Waals surface area (Å²) in [6.07, 6.45) is 0.556. The van der Waals surface area contributed by atoms with Crippen LogP contribution in [0.25, 0.3) is 0 Å². The molecule has 21 heavy (non-hydrogen) atoms. The van der Waals surface area contributed by atoms with Gasteiger partial charge in [0.15, 0.2) is 0 Å². The predicted octanol–water partition coefficient (Wildman–Crippen LogP) is 2.75. The fourth-order valence-electron chi connectivity index (χ4n) is 1.97. The Labute approximate surface area is 130 Å². The number of hydrogen-bond acceptors (Lipinski definition) is 2. The van der Waals surface area contributed by atoms with Crippen LogP contribution in [0, 0.1) is 6.92 Å². The maximum atomic E-state index is 12.1. The zero-order valence-electron chi connectivity index (χ0n) is 11.9. The van der Waals surface area contributed by atoms with Crippen LogP contribution >= 0.6 is 12.2 Å². The highest BCUT2D eigenvalue weighted by Crippen LogP contribution is 2.07. The summed E-state index contributed by atoms with van der Waals surface area (Å²) >= 11 is 4.87. The van der Waals surface area contributed by atoms with Gasteiger partial charge in [-0.3, -0.25) is 4.79 Å². The number of aryl methyl sites for hydroxylation is 1. The molecule has 0 bridgehead atoms. The van der Waals surface area contributed by atoms with E-state index in [-0.39, 0.29) is 5.91 Å². The van der Waals surface area contributed by atoms with E-state index in [1.54, 1.807) is 12.1 Å². The summed E-state index contributed by atoms with van der Waals surface area (Å²) in [5.41, 5.74) is 9.43. The molecule has 2 aromatic rings. The van der Waals surface area contributed by atoms with Crippen LogP contribution in [-0.2, 0) is 13.0 Å². The van der Waals surface area contributed by atoms with Gasteiger partial charge in [0, 0.05) is 18.5 Å². The molecule has 0 unspecified atom stereocenters. The van der Waals surface area contributed by atoms with Gasteiger partial charge in [0.05, 0.1) is 4.99 Å². The molecule has 3 N–H and O–H groups in total. The first-order valence-electron chi connectivity index (χ1n) is 6.75. The fraction of sp³-hybridized carbons (Fsp3) is 0.176. The third-order valence-corrected chi connectivity index (χ3v) is 3.31. The molecule has 2 aromatic carbocycles. The number of thiocarbonyl (C=S) groups is 1. The van der Waals surface area contributed by atoms with Gasteiger partial charge >= 0.3 is 0 Å². The molecule has 0 saturated heterocycles. The molecule has 0 saturated carbocycles. The molecule has 0 fully saturated rings. The molecule has 0 aliphatic carbocycles. The second-order valence-electron chi connectivity index (χ2n) is 5.01. The first kappa shape index (κ1) is 15.2. The Hall–Kier alpha value is -2.20. The van der Waals surface area contributed by atoms with Crippen molar-refractivity contribution in [2.24, 2.45) is 5.73 Å². The summed E-state index contributed by atoms with van der Waals surface area (Å²) in [7, 11) is 0. The standard InChI is InChI=1S/C17H18N2OS/c1-12-2-4-14(5-3-12)11-19-17(20)15-8-6-13(7-9-15)10-16(18)21/h2-9H,10-11H2,1H3,(H2,18,21)(H,19,20). The lowest BCUT2D eigenvalue weighted by Gasteiger charge is -2.07. The molecule has 4 heteroatoms. The number of nitrogens with one attached hydrogen (secondary N) is 1. The number of amides is 1. The van der Waals surface area contributed by atoms with E-state index in [1.807, 2.05) is 43.3 Å². The summed E-state index contributed by atoms with van der Waals surface area (Å²) < 4.78 is 0. The zero-order chi connectivity index (χ0) is 15.2. The van der Waals surface area contributed by atoms with Crippen LogP contribution in [0.15, 0.2) is 48.5 Å². The van der Waals surface area contributed by atoms with Gasteiger partial charge in [-0.15, -0.1) is 0 Å². The van der Waals surface area contributed by atoms with Crippen molar-refractivity contribution in [1.82, 2.24) is 5.32 Å². The number of nitrogens with two attached hydrogens (primary N) is 1. The molecular weight excluding hydrogens is 280 g/mol. The molecule has 0 aliphatic heterocycles. The first-order valence-corrected chi connectivity index (χ1v) is 7.16. The minimum Gasteiger partial charge on any atom is -0.393 e. The highest BCUT2D eigenvalue weighted by atomic mass is 32.1. The Morgan fingerprint density at radius 2 is 1.62 bits per heavy atom. The van der Waals surface area contributed by atoms with E-state index < -0.39 is 0 Å². The monoisotopic (exact) mass is 298 g/mol. The van der Waals surface area contributed by atoms with Crippen molar-refractivity contribution in [3.05, 3.63) is 70.8 Å². The van der Waals surface area contributed by atoms with Crippen molar-refractivity contribution in [3.63, 3.8) is 0 Å². The lowest BCUT2D eigenvalue weighted by atomic mass is 10.1. The van der Waals surface area contributed by atoms with E-state index in [2.05, 4.69) is 5.32 Å². The van der Waals surface area contributed by atoms with E-state index in [9.17, 15) is 4.79 Å². The molecule has 0 heterocycles. The molecule has 0 aromatic heterocycles. The number of hydrogen-bond donors (Lipinski definition) is 2. The molecule has 0 atom stereocenters. The highest BCUT2D eigenvalue weighted by Gasteiger charge is 2.05.